The first kappa shape index (κ1) is 21.4. The van der Waals surface area contributed by atoms with E-state index in [4.69, 9.17) is 9.26 Å². The molecule has 0 bridgehead atoms. The van der Waals surface area contributed by atoms with Gasteiger partial charge in [-0.25, -0.2) is 0 Å². The third kappa shape index (κ3) is 5.38. The third-order valence-electron chi connectivity index (χ3n) is 4.36. The third-order valence-corrected chi connectivity index (χ3v) is 5.36. The smallest absolute Gasteiger partial charge is 0.274 e. The van der Waals surface area contributed by atoms with Crippen LogP contribution >= 0.6 is 22.6 Å². The van der Waals surface area contributed by atoms with Gasteiger partial charge in [0.25, 0.3) is 5.91 Å². The molecule has 1 aromatic heterocycles. The van der Waals surface area contributed by atoms with Gasteiger partial charge in [-0.15, -0.1) is 0 Å². The SMILES string of the molecule is CCNC(=O)c1noc(-c2ccc(CC(C)C)cc2OCc2ccccc2)c1I. The molecular weight excluding hydrogens is 479 g/mol. The molecule has 29 heavy (non-hydrogen) atoms. The van der Waals surface area contributed by atoms with Crippen LogP contribution in [0.2, 0.25) is 0 Å². The van der Waals surface area contributed by atoms with Crippen LogP contribution < -0.4 is 10.1 Å². The Morgan fingerprint density at radius 3 is 2.62 bits per heavy atom. The summed E-state index contributed by atoms with van der Waals surface area (Å²) in [5, 5.41) is 6.75. The fraction of sp³-hybridized carbons (Fsp3) is 0.304. The first-order valence-corrected chi connectivity index (χ1v) is 10.8. The summed E-state index contributed by atoms with van der Waals surface area (Å²) in [7, 11) is 0. The minimum Gasteiger partial charge on any atom is -0.488 e. The molecule has 0 unspecified atom stereocenters. The summed E-state index contributed by atoms with van der Waals surface area (Å²) in [5.74, 6) is 1.57. The van der Waals surface area contributed by atoms with E-state index in [2.05, 4.69) is 59.0 Å². The number of carbonyl (C=O) groups excluding carboxylic acids is 1. The first-order valence-electron chi connectivity index (χ1n) is 9.73. The number of amides is 1. The average Bonchev–Trinajstić information content (AvgIpc) is 3.08. The van der Waals surface area contributed by atoms with Gasteiger partial charge in [-0.3, -0.25) is 4.79 Å². The normalized spacial score (nSPS) is 10.9. The molecule has 1 heterocycles. The number of hydrogen-bond donors (Lipinski definition) is 1. The van der Waals surface area contributed by atoms with Crippen molar-refractivity contribution in [1.29, 1.82) is 0 Å². The second-order valence-electron chi connectivity index (χ2n) is 7.24. The predicted molar refractivity (Wildman–Crippen MR) is 122 cm³/mol. The van der Waals surface area contributed by atoms with Crippen LogP contribution in [0.15, 0.2) is 53.1 Å². The molecule has 0 fully saturated rings. The molecule has 0 saturated heterocycles. The second kappa shape index (κ2) is 9.91. The van der Waals surface area contributed by atoms with E-state index >= 15 is 0 Å². The molecule has 0 atom stereocenters. The topological polar surface area (TPSA) is 64.4 Å². The van der Waals surface area contributed by atoms with Crippen LogP contribution in [-0.2, 0) is 13.0 Å². The Balaban J connectivity index is 1.95. The molecule has 1 N–H and O–H groups in total. The van der Waals surface area contributed by atoms with Gasteiger partial charge in [0.05, 0.1) is 9.13 Å². The summed E-state index contributed by atoms with van der Waals surface area (Å²) in [6, 6.07) is 16.2. The predicted octanol–water partition coefficient (Wildman–Crippen LogP) is 5.47. The fourth-order valence-corrected chi connectivity index (χ4v) is 3.77. The van der Waals surface area contributed by atoms with Crippen molar-refractivity contribution in [3.05, 3.63) is 68.9 Å². The molecule has 0 aliphatic rings. The minimum atomic E-state index is -0.241. The number of hydrogen-bond acceptors (Lipinski definition) is 4. The quantitative estimate of drug-likeness (QED) is 0.413. The number of carbonyl (C=O) groups is 1. The van der Waals surface area contributed by atoms with E-state index in [-0.39, 0.29) is 5.91 Å². The van der Waals surface area contributed by atoms with Crippen LogP contribution in [0.4, 0.5) is 0 Å². The maximum atomic E-state index is 12.2. The van der Waals surface area contributed by atoms with Crippen LogP contribution in [0.5, 0.6) is 5.75 Å². The van der Waals surface area contributed by atoms with E-state index in [1.165, 1.54) is 5.56 Å². The van der Waals surface area contributed by atoms with Gasteiger partial charge < -0.3 is 14.6 Å². The fourth-order valence-electron chi connectivity index (χ4n) is 3.04. The standard InChI is InChI=1S/C23H25IN2O3/c1-4-25-23(27)21-20(24)22(29-26-21)18-11-10-17(12-15(2)3)13-19(18)28-14-16-8-6-5-7-9-16/h5-11,13,15H,4,12,14H2,1-3H3,(H,25,27). The van der Waals surface area contributed by atoms with Crippen LogP contribution in [0.25, 0.3) is 11.3 Å². The molecule has 6 heteroatoms. The highest BCUT2D eigenvalue weighted by atomic mass is 127. The van der Waals surface area contributed by atoms with Gasteiger partial charge in [0, 0.05) is 6.54 Å². The van der Waals surface area contributed by atoms with E-state index in [1.807, 2.05) is 43.3 Å². The number of nitrogens with zero attached hydrogens (tertiary/aromatic N) is 1. The highest BCUT2D eigenvalue weighted by Crippen LogP contribution is 2.36. The molecule has 0 aliphatic heterocycles. The van der Waals surface area contributed by atoms with Crippen molar-refractivity contribution in [2.24, 2.45) is 5.92 Å². The summed E-state index contributed by atoms with van der Waals surface area (Å²) >= 11 is 2.11. The van der Waals surface area contributed by atoms with Crippen molar-refractivity contribution in [1.82, 2.24) is 10.5 Å². The lowest BCUT2D eigenvalue weighted by Gasteiger charge is -2.13. The van der Waals surface area contributed by atoms with Gasteiger partial charge in [0.15, 0.2) is 11.5 Å². The van der Waals surface area contributed by atoms with Gasteiger partial charge in [-0.05, 0) is 65.1 Å². The molecule has 3 rings (SSSR count). The number of nitrogens with one attached hydrogen (secondary N) is 1. The van der Waals surface area contributed by atoms with Crippen LogP contribution in [0.3, 0.4) is 0 Å². The Kier molecular flexibility index (Phi) is 7.30. The molecule has 0 radical (unpaired) electrons. The molecule has 0 spiro atoms. The zero-order valence-corrected chi connectivity index (χ0v) is 19.0. The van der Waals surface area contributed by atoms with Crippen LogP contribution in [0, 0.1) is 9.49 Å². The molecule has 5 nitrogen and oxygen atoms in total. The lowest BCUT2D eigenvalue weighted by atomic mass is 10.00. The van der Waals surface area contributed by atoms with Crippen molar-refractivity contribution in [2.45, 2.75) is 33.8 Å². The van der Waals surface area contributed by atoms with Crippen molar-refractivity contribution in [3.63, 3.8) is 0 Å². The van der Waals surface area contributed by atoms with Crippen LogP contribution in [0.1, 0.15) is 42.4 Å². The summed E-state index contributed by atoms with van der Waals surface area (Å²) in [4.78, 5) is 12.2. The monoisotopic (exact) mass is 504 g/mol. The second-order valence-corrected chi connectivity index (χ2v) is 8.32. The van der Waals surface area contributed by atoms with Crippen molar-refractivity contribution >= 4 is 28.5 Å². The van der Waals surface area contributed by atoms with Crippen molar-refractivity contribution < 1.29 is 14.1 Å². The van der Waals surface area contributed by atoms with E-state index in [9.17, 15) is 4.79 Å². The Morgan fingerprint density at radius 2 is 1.93 bits per heavy atom. The van der Waals surface area contributed by atoms with Crippen LogP contribution in [-0.4, -0.2) is 17.6 Å². The Labute approximate surface area is 185 Å². The number of halogens is 1. The number of benzene rings is 2. The summed E-state index contributed by atoms with van der Waals surface area (Å²) < 4.78 is 12.4. The highest BCUT2D eigenvalue weighted by Gasteiger charge is 2.23. The zero-order chi connectivity index (χ0) is 20.8. The Morgan fingerprint density at radius 1 is 1.17 bits per heavy atom. The van der Waals surface area contributed by atoms with Gasteiger partial charge >= 0.3 is 0 Å². The maximum absolute atomic E-state index is 12.2. The van der Waals surface area contributed by atoms with Gasteiger partial charge in [-0.1, -0.05) is 55.4 Å². The van der Waals surface area contributed by atoms with Gasteiger partial charge in [-0.2, -0.15) is 0 Å². The summed E-state index contributed by atoms with van der Waals surface area (Å²) in [6.45, 7) is 7.24. The first-order chi connectivity index (χ1) is 14.0. The molecule has 0 aliphatic carbocycles. The summed E-state index contributed by atoms with van der Waals surface area (Å²) in [6.07, 6.45) is 0.958. The molecule has 1 amide bonds. The average molecular weight is 504 g/mol. The highest BCUT2D eigenvalue weighted by molar-refractivity contribution is 14.1. The molecule has 3 aromatic rings. The maximum Gasteiger partial charge on any atom is 0.274 e. The Bertz CT molecular complexity index is 968. The Hall–Kier alpha value is -2.35. The van der Waals surface area contributed by atoms with E-state index in [1.54, 1.807) is 0 Å². The lowest BCUT2D eigenvalue weighted by Crippen LogP contribution is -2.23. The molecule has 2 aromatic carbocycles. The van der Waals surface area contributed by atoms with E-state index < -0.39 is 0 Å². The van der Waals surface area contributed by atoms with E-state index in [0.717, 1.165) is 23.3 Å². The summed E-state index contributed by atoms with van der Waals surface area (Å²) in [5.41, 5.74) is 3.37. The van der Waals surface area contributed by atoms with Crippen molar-refractivity contribution in [2.75, 3.05) is 6.54 Å². The largest absolute Gasteiger partial charge is 0.488 e. The lowest BCUT2D eigenvalue weighted by molar-refractivity contribution is 0.0946. The van der Waals surface area contributed by atoms with Gasteiger partial charge in [0.1, 0.15) is 12.4 Å². The number of ether oxygens (including phenoxy) is 1. The molecular formula is C23H25IN2O3. The molecule has 152 valence electrons. The number of aromatic nitrogens is 1. The van der Waals surface area contributed by atoms with Crippen molar-refractivity contribution in [3.8, 4) is 17.1 Å². The number of rotatable bonds is 8. The van der Waals surface area contributed by atoms with Gasteiger partial charge in [0.2, 0.25) is 0 Å². The zero-order valence-electron chi connectivity index (χ0n) is 16.9. The van der Waals surface area contributed by atoms with E-state index in [0.29, 0.717) is 34.1 Å². The molecule has 0 saturated carbocycles. The minimum absolute atomic E-state index is 0.241.